The molecular formula is C30H33N5O3. The van der Waals surface area contributed by atoms with Gasteiger partial charge in [0.1, 0.15) is 11.6 Å². The first-order chi connectivity index (χ1) is 18.0. The van der Waals surface area contributed by atoms with Crippen molar-refractivity contribution in [2.45, 2.75) is 53.1 Å². The number of aryl methyl sites for hydroxylation is 2. The third-order valence-electron chi connectivity index (χ3n) is 6.45. The van der Waals surface area contributed by atoms with Gasteiger partial charge in [-0.05, 0) is 59.7 Å². The molecule has 1 heterocycles. The summed E-state index contributed by atoms with van der Waals surface area (Å²) in [5, 5.41) is 23.2. The highest BCUT2D eigenvalue weighted by Crippen LogP contribution is 2.29. The van der Waals surface area contributed by atoms with Crippen molar-refractivity contribution in [1.82, 2.24) is 15.0 Å². The third-order valence-corrected chi connectivity index (χ3v) is 6.45. The molecule has 8 heteroatoms. The molecule has 5 N–H and O–H groups in total. The van der Waals surface area contributed by atoms with E-state index in [-0.39, 0.29) is 29.6 Å². The first kappa shape index (κ1) is 26.8. The standard InChI is InChI=1S/C30H33N5O3/c1-17-13-19(14-18(2)26(17)37)15-25-33-27(35-29(31)34-25)22-7-6-8-24(23(22)16-36)32-28(38)20-9-11-21(12-10-20)30(3,4)5/h6-14,36-37H,15-16H2,1-5H3,(H,32,38)(H2,31,33,34,35). The third kappa shape index (κ3) is 5.81. The highest BCUT2D eigenvalue weighted by Gasteiger charge is 2.18. The van der Waals surface area contributed by atoms with Crippen LogP contribution in [-0.4, -0.2) is 31.1 Å². The first-order valence-electron chi connectivity index (χ1n) is 12.4. The van der Waals surface area contributed by atoms with E-state index in [0.29, 0.717) is 40.4 Å². The normalized spacial score (nSPS) is 11.4. The molecule has 0 atom stereocenters. The molecule has 0 aliphatic heterocycles. The smallest absolute Gasteiger partial charge is 0.255 e. The van der Waals surface area contributed by atoms with Crippen LogP contribution in [0.25, 0.3) is 11.4 Å². The van der Waals surface area contributed by atoms with Crippen molar-refractivity contribution in [2.75, 3.05) is 11.1 Å². The van der Waals surface area contributed by atoms with Crippen LogP contribution in [-0.2, 0) is 18.4 Å². The molecular weight excluding hydrogens is 478 g/mol. The van der Waals surface area contributed by atoms with Crippen molar-refractivity contribution in [3.8, 4) is 17.1 Å². The van der Waals surface area contributed by atoms with Crippen molar-refractivity contribution in [2.24, 2.45) is 0 Å². The molecule has 4 rings (SSSR count). The zero-order valence-electron chi connectivity index (χ0n) is 22.3. The Morgan fingerprint density at radius 1 is 0.974 bits per heavy atom. The number of phenols is 1. The van der Waals surface area contributed by atoms with E-state index < -0.39 is 0 Å². The van der Waals surface area contributed by atoms with Crippen molar-refractivity contribution in [3.63, 3.8) is 0 Å². The SMILES string of the molecule is Cc1cc(Cc2nc(N)nc(-c3cccc(NC(=O)c4ccc(C(C)(C)C)cc4)c3CO)n2)cc(C)c1O. The molecule has 3 aromatic carbocycles. The second-order valence-electron chi connectivity index (χ2n) is 10.5. The maximum absolute atomic E-state index is 13.0. The number of aromatic hydroxyl groups is 1. The Bertz CT molecular complexity index is 1470. The molecule has 196 valence electrons. The Kier molecular flexibility index (Phi) is 7.46. The van der Waals surface area contributed by atoms with Crippen LogP contribution in [0, 0.1) is 13.8 Å². The molecule has 0 bridgehead atoms. The van der Waals surface area contributed by atoms with E-state index in [0.717, 1.165) is 22.3 Å². The Labute approximate surface area is 222 Å². The molecule has 0 aliphatic rings. The lowest BCUT2D eigenvalue weighted by Gasteiger charge is -2.19. The molecule has 0 radical (unpaired) electrons. The largest absolute Gasteiger partial charge is 0.507 e. The number of nitrogens with zero attached hydrogens (tertiary/aromatic N) is 3. The van der Waals surface area contributed by atoms with Gasteiger partial charge in [0.05, 0.1) is 6.61 Å². The van der Waals surface area contributed by atoms with E-state index in [1.165, 1.54) is 0 Å². The molecule has 0 fully saturated rings. The summed E-state index contributed by atoms with van der Waals surface area (Å²) >= 11 is 0. The molecule has 38 heavy (non-hydrogen) atoms. The highest BCUT2D eigenvalue weighted by atomic mass is 16.3. The van der Waals surface area contributed by atoms with Gasteiger partial charge < -0.3 is 21.3 Å². The molecule has 0 saturated carbocycles. The summed E-state index contributed by atoms with van der Waals surface area (Å²) in [7, 11) is 0. The van der Waals surface area contributed by atoms with Crippen LogP contribution in [0.5, 0.6) is 5.75 Å². The number of benzene rings is 3. The lowest BCUT2D eigenvalue weighted by atomic mass is 9.86. The van der Waals surface area contributed by atoms with Gasteiger partial charge in [0.2, 0.25) is 5.95 Å². The topological polar surface area (TPSA) is 134 Å². The van der Waals surface area contributed by atoms with Gasteiger partial charge in [-0.25, -0.2) is 4.98 Å². The lowest BCUT2D eigenvalue weighted by molar-refractivity contribution is 0.102. The minimum atomic E-state index is -0.341. The molecule has 1 aromatic heterocycles. The van der Waals surface area contributed by atoms with E-state index in [1.807, 2.05) is 38.1 Å². The second kappa shape index (κ2) is 10.6. The van der Waals surface area contributed by atoms with Crippen molar-refractivity contribution in [1.29, 1.82) is 0 Å². The van der Waals surface area contributed by atoms with Crippen LogP contribution in [0.3, 0.4) is 0 Å². The molecule has 1 amide bonds. The molecule has 0 unspecified atom stereocenters. The van der Waals surface area contributed by atoms with Gasteiger partial charge in [0.15, 0.2) is 5.82 Å². The second-order valence-corrected chi connectivity index (χ2v) is 10.5. The predicted molar refractivity (Wildman–Crippen MR) is 149 cm³/mol. The van der Waals surface area contributed by atoms with E-state index in [2.05, 4.69) is 41.0 Å². The first-order valence-corrected chi connectivity index (χ1v) is 12.4. The van der Waals surface area contributed by atoms with Crippen LogP contribution in [0.15, 0.2) is 54.6 Å². The molecule has 0 aliphatic carbocycles. The number of phenolic OH excluding ortho intramolecular Hbond substituents is 1. The van der Waals surface area contributed by atoms with E-state index in [4.69, 9.17) is 5.73 Å². The maximum atomic E-state index is 13.0. The number of hydrogen-bond acceptors (Lipinski definition) is 7. The van der Waals surface area contributed by atoms with Gasteiger partial charge in [-0.15, -0.1) is 0 Å². The Balaban J connectivity index is 1.64. The van der Waals surface area contributed by atoms with Crippen LogP contribution >= 0.6 is 0 Å². The van der Waals surface area contributed by atoms with Gasteiger partial charge in [-0.3, -0.25) is 4.79 Å². The number of nitrogen functional groups attached to an aromatic ring is 1. The number of nitrogens with one attached hydrogen (secondary N) is 1. The van der Waals surface area contributed by atoms with Gasteiger partial charge in [0, 0.05) is 28.8 Å². The number of aromatic nitrogens is 3. The van der Waals surface area contributed by atoms with E-state index >= 15 is 0 Å². The molecule has 0 saturated heterocycles. The monoisotopic (exact) mass is 511 g/mol. The van der Waals surface area contributed by atoms with Crippen LogP contribution in [0.4, 0.5) is 11.6 Å². The summed E-state index contributed by atoms with van der Waals surface area (Å²) < 4.78 is 0. The Morgan fingerprint density at radius 2 is 1.63 bits per heavy atom. The van der Waals surface area contributed by atoms with E-state index in [9.17, 15) is 15.0 Å². The fourth-order valence-corrected chi connectivity index (χ4v) is 4.37. The number of rotatable bonds is 6. The number of aliphatic hydroxyl groups is 1. The van der Waals surface area contributed by atoms with Gasteiger partial charge in [-0.1, -0.05) is 57.2 Å². The summed E-state index contributed by atoms with van der Waals surface area (Å²) in [6.07, 6.45) is 0.386. The van der Waals surface area contributed by atoms with E-state index in [1.54, 1.807) is 30.3 Å². The van der Waals surface area contributed by atoms with Crippen molar-refractivity contribution >= 4 is 17.5 Å². The summed E-state index contributed by atoms with van der Waals surface area (Å²) in [4.78, 5) is 26.2. The summed E-state index contributed by atoms with van der Waals surface area (Å²) in [5.74, 6) is 0.783. The summed E-state index contributed by atoms with van der Waals surface area (Å²) in [6.45, 7) is 9.69. The fraction of sp³-hybridized carbons (Fsp3) is 0.267. The number of carbonyl (C=O) groups is 1. The lowest BCUT2D eigenvalue weighted by Crippen LogP contribution is -2.15. The van der Waals surface area contributed by atoms with Crippen LogP contribution < -0.4 is 11.1 Å². The van der Waals surface area contributed by atoms with Crippen molar-refractivity contribution in [3.05, 3.63) is 93.8 Å². The molecule has 4 aromatic rings. The number of anilines is 2. The number of amides is 1. The van der Waals surface area contributed by atoms with Crippen molar-refractivity contribution < 1.29 is 15.0 Å². The Hall–Kier alpha value is -4.30. The number of hydrogen-bond donors (Lipinski definition) is 4. The number of nitrogens with two attached hydrogens (primary N) is 1. The van der Waals surface area contributed by atoms with Gasteiger partial charge >= 0.3 is 0 Å². The molecule has 8 nitrogen and oxygen atoms in total. The Morgan fingerprint density at radius 3 is 2.24 bits per heavy atom. The average molecular weight is 512 g/mol. The summed E-state index contributed by atoms with van der Waals surface area (Å²) in [5.41, 5.74) is 11.6. The zero-order chi connectivity index (χ0) is 27.6. The number of carbonyl (C=O) groups excluding carboxylic acids is 1. The quantitative estimate of drug-likeness (QED) is 0.284. The predicted octanol–water partition coefficient (Wildman–Crippen LogP) is 5.08. The molecule has 0 spiro atoms. The minimum absolute atomic E-state index is 0.0153. The van der Waals surface area contributed by atoms with Gasteiger partial charge in [0.25, 0.3) is 5.91 Å². The van der Waals surface area contributed by atoms with Crippen LogP contribution in [0.2, 0.25) is 0 Å². The minimum Gasteiger partial charge on any atom is -0.507 e. The fourth-order valence-electron chi connectivity index (χ4n) is 4.37. The summed E-state index contributed by atoms with van der Waals surface area (Å²) in [6, 6.07) is 16.5. The average Bonchev–Trinajstić information content (AvgIpc) is 2.86. The highest BCUT2D eigenvalue weighted by molar-refractivity contribution is 6.05. The maximum Gasteiger partial charge on any atom is 0.255 e. The zero-order valence-corrected chi connectivity index (χ0v) is 22.3. The number of aliphatic hydroxyl groups excluding tert-OH is 1. The van der Waals surface area contributed by atoms with Crippen LogP contribution in [0.1, 0.15) is 64.8 Å². The van der Waals surface area contributed by atoms with Gasteiger partial charge in [-0.2, -0.15) is 9.97 Å².